The van der Waals surface area contributed by atoms with Gasteiger partial charge in [0.15, 0.2) is 0 Å². The van der Waals surface area contributed by atoms with Gasteiger partial charge in [-0.1, -0.05) is 6.07 Å². The first kappa shape index (κ1) is 12.6. The molecule has 102 valence electrons. The van der Waals surface area contributed by atoms with Gasteiger partial charge in [-0.3, -0.25) is 9.69 Å². The largest absolute Gasteiger partial charge is 0.336 e. The summed E-state index contributed by atoms with van der Waals surface area (Å²) < 4.78 is 13.9. The monoisotopic (exact) mass is 262 g/mol. The summed E-state index contributed by atoms with van der Waals surface area (Å²) in [5, 5.41) is 0. The minimum atomic E-state index is -0.404. The van der Waals surface area contributed by atoms with E-state index in [2.05, 4.69) is 4.90 Å². The predicted molar refractivity (Wildman–Crippen MR) is 71.6 cm³/mol. The van der Waals surface area contributed by atoms with Crippen LogP contribution in [0.3, 0.4) is 0 Å². The summed E-state index contributed by atoms with van der Waals surface area (Å²) in [6.07, 6.45) is 2.37. The molecule has 4 heteroatoms. The molecule has 1 unspecified atom stereocenters. The minimum absolute atomic E-state index is 0.163. The van der Waals surface area contributed by atoms with E-state index in [0.29, 0.717) is 12.6 Å². The van der Waals surface area contributed by atoms with Gasteiger partial charge in [0, 0.05) is 25.7 Å². The van der Waals surface area contributed by atoms with Crippen molar-refractivity contribution in [2.45, 2.75) is 25.8 Å². The lowest BCUT2D eigenvalue weighted by molar-refractivity contribution is 0.0567. The van der Waals surface area contributed by atoms with Crippen LogP contribution in [-0.2, 0) is 0 Å². The number of nitrogens with zero attached hydrogens (tertiary/aromatic N) is 2. The SMILES string of the molecule is Cc1ccc(C(=O)N2CCN3CCCC3C2)c(F)c1. The van der Waals surface area contributed by atoms with Gasteiger partial charge < -0.3 is 4.90 Å². The fraction of sp³-hybridized carbons (Fsp3) is 0.533. The van der Waals surface area contributed by atoms with Crippen molar-refractivity contribution in [1.29, 1.82) is 0 Å². The van der Waals surface area contributed by atoms with Crippen molar-refractivity contribution >= 4 is 5.91 Å². The topological polar surface area (TPSA) is 23.6 Å². The zero-order valence-electron chi connectivity index (χ0n) is 11.2. The van der Waals surface area contributed by atoms with Gasteiger partial charge in [0.25, 0.3) is 5.91 Å². The van der Waals surface area contributed by atoms with Gasteiger partial charge in [-0.05, 0) is 44.0 Å². The molecule has 19 heavy (non-hydrogen) atoms. The van der Waals surface area contributed by atoms with Crippen LogP contribution in [0.4, 0.5) is 4.39 Å². The van der Waals surface area contributed by atoms with E-state index < -0.39 is 5.82 Å². The molecule has 2 heterocycles. The Bertz CT molecular complexity index is 503. The first-order valence-electron chi connectivity index (χ1n) is 6.94. The van der Waals surface area contributed by atoms with Crippen molar-refractivity contribution < 1.29 is 9.18 Å². The first-order valence-corrected chi connectivity index (χ1v) is 6.94. The summed E-state index contributed by atoms with van der Waals surface area (Å²) in [6, 6.07) is 5.31. The van der Waals surface area contributed by atoms with E-state index in [0.717, 1.165) is 31.6 Å². The molecule has 0 bridgehead atoms. The molecule has 2 aliphatic heterocycles. The number of amides is 1. The molecular weight excluding hydrogens is 243 g/mol. The van der Waals surface area contributed by atoms with Crippen LogP contribution in [0.1, 0.15) is 28.8 Å². The molecule has 3 rings (SSSR count). The number of hydrogen-bond acceptors (Lipinski definition) is 2. The third-order valence-electron chi connectivity index (χ3n) is 4.23. The molecule has 2 aliphatic rings. The van der Waals surface area contributed by atoms with E-state index in [-0.39, 0.29) is 11.5 Å². The molecule has 0 aromatic heterocycles. The number of piperazine rings is 1. The summed E-state index contributed by atoms with van der Waals surface area (Å²) in [5.41, 5.74) is 1.05. The van der Waals surface area contributed by atoms with Gasteiger partial charge in [0.2, 0.25) is 0 Å². The average molecular weight is 262 g/mol. The Kier molecular flexibility index (Phi) is 3.27. The zero-order valence-corrected chi connectivity index (χ0v) is 11.2. The van der Waals surface area contributed by atoms with E-state index in [4.69, 9.17) is 0 Å². The molecule has 3 nitrogen and oxygen atoms in total. The van der Waals surface area contributed by atoms with Crippen LogP contribution in [0.15, 0.2) is 18.2 Å². The summed E-state index contributed by atoms with van der Waals surface area (Å²) in [6.45, 7) is 5.35. The molecule has 1 atom stereocenters. The van der Waals surface area contributed by atoms with Crippen molar-refractivity contribution in [2.24, 2.45) is 0 Å². The fourth-order valence-electron chi connectivity index (χ4n) is 3.14. The zero-order chi connectivity index (χ0) is 13.4. The van der Waals surface area contributed by atoms with Crippen LogP contribution in [0.25, 0.3) is 0 Å². The number of aryl methyl sites for hydroxylation is 1. The van der Waals surface area contributed by atoms with Crippen LogP contribution in [0.5, 0.6) is 0 Å². The van der Waals surface area contributed by atoms with Crippen molar-refractivity contribution in [2.75, 3.05) is 26.2 Å². The number of carbonyl (C=O) groups excluding carboxylic acids is 1. The van der Waals surface area contributed by atoms with Crippen LogP contribution in [-0.4, -0.2) is 47.9 Å². The summed E-state index contributed by atoms with van der Waals surface area (Å²) in [4.78, 5) is 16.6. The lowest BCUT2D eigenvalue weighted by Crippen LogP contribution is -2.52. The Labute approximate surface area is 113 Å². The standard InChI is InChI=1S/C15H19FN2O/c1-11-4-5-13(14(16)9-11)15(19)18-8-7-17-6-2-3-12(17)10-18/h4-5,9,12H,2-3,6-8,10H2,1H3. The highest BCUT2D eigenvalue weighted by atomic mass is 19.1. The first-order chi connectivity index (χ1) is 9.15. The lowest BCUT2D eigenvalue weighted by Gasteiger charge is -2.37. The summed E-state index contributed by atoms with van der Waals surface area (Å²) in [5.74, 6) is -0.567. The van der Waals surface area contributed by atoms with E-state index in [9.17, 15) is 9.18 Å². The summed E-state index contributed by atoms with van der Waals surface area (Å²) in [7, 11) is 0. The maximum atomic E-state index is 13.9. The Hall–Kier alpha value is -1.42. The van der Waals surface area contributed by atoms with E-state index in [1.807, 2.05) is 6.92 Å². The molecule has 0 aliphatic carbocycles. The molecule has 0 spiro atoms. The van der Waals surface area contributed by atoms with Crippen molar-refractivity contribution in [1.82, 2.24) is 9.80 Å². The number of benzene rings is 1. The van der Waals surface area contributed by atoms with Crippen LogP contribution in [0.2, 0.25) is 0 Å². The third kappa shape index (κ3) is 2.37. The molecular formula is C15H19FN2O. The number of carbonyl (C=O) groups is 1. The average Bonchev–Trinajstić information content (AvgIpc) is 2.85. The van der Waals surface area contributed by atoms with E-state index in [1.165, 1.54) is 12.5 Å². The van der Waals surface area contributed by atoms with E-state index >= 15 is 0 Å². The second kappa shape index (κ2) is 4.93. The van der Waals surface area contributed by atoms with Gasteiger partial charge in [-0.2, -0.15) is 0 Å². The second-order valence-electron chi connectivity index (χ2n) is 5.57. The Morgan fingerprint density at radius 2 is 2.16 bits per heavy atom. The Balaban J connectivity index is 1.76. The van der Waals surface area contributed by atoms with Crippen molar-refractivity contribution in [3.05, 3.63) is 35.1 Å². The molecule has 2 fully saturated rings. The number of halogens is 1. The molecule has 0 radical (unpaired) electrons. The van der Waals surface area contributed by atoms with Crippen molar-refractivity contribution in [3.8, 4) is 0 Å². The molecule has 0 saturated carbocycles. The maximum Gasteiger partial charge on any atom is 0.256 e. The smallest absolute Gasteiger partial charge is 0.256 e. The highest BCUT2D eigenvalue weighted by Crippen LogP contribution is 2.23. The fourth-order valence-corrected chi connectivity index (χ4v) is 3.14. The van der Waals surface area contributed by atoms with Gasteiger partial charge in [-0.15, -0.1) is 0 Å². The maximum absolute atomic E-state index is 13.9. The quantitative estimate of drug-likeness (QED) is 0.773. The van der Waals surface area contributed by atoms with Crippen LogP contribution in [0, 0.1) is 12.7 Å². The summed E-state index contributed by atoms with van der Waals surface area (Å²) >= 11 is 0. The van der Waals surface area contributed by atoms with Crippen LogP contribution >= 0.6 is 0 Å². The highest BCUT2D eigenvalue weighted by Gasteiger charge is 2.33. The minimum Gasteiger partial charge on any atom is -0.336 e. The van der Waals surface area contributed by atoms with Crippen molar-refractivity contribution in [3.63, 3.8) is 0 Å². The van der Waals surface area contributed by atoms with Gasteiger partial charge >= 0.3 is 0 Å². The van der Waals surface area contributed by atoms with Crippen LogP contribution < -0.4 is 0 Å². The molecule has 1 aromatic rings. The van der Waals surface area contributed by atoms with Gasteiger partial charge in [-0.25, -0.2) is 4.39 Å². The Morgan fingerprint density at radius 1 is 1.32 bits per heavy atom. The molecule has 1 amide bonds. The lowest BCUT2D eigenvalue weighted by atomic mass is 10.1. The normalized spacial score (nSPS) is 23.5. The van der Waals surface area contributed by atoms with Gasteiger partial charge in [0.1, 0.15) is 5.82 Å². The molecule has 1 aromatic carbocycles. The number of rotatable bonds is 1. The molecule has 0 N–H and O–H groups in total. The number of fused-ring (bicyclic) bond motifs is 1. The Morgan fingerprint density at radius 3 is 2.95 bits per heavy atom. The highest BCUT2D eigenvalue weighted by molar-refractivity contribution is 5.94. The molecule has 2 saturated heterocycles. The predicted octanol–water partition coefficient (Wildman–Crippen LogP) is 2.05. The second-order valence-corrected chi connectivity index (χ2v) is 5.57. The van der Waals surface area contributed by atoms with E-state index in [1.54, 1.807) is 17.0 Å². The third-order valence-corrected chi connectivity index (χ3v) is 4.23. The number of hydrogen-bond donors (Lipinski definition) is 0. The van der Waals surface area contributed by atoms with Gasteiger partial charge in [0.05, 0.1) is 5.56 Å².